The Balaban J connectivity index is 1.65. The molecule has 0 bridgehead atoms. The van der Waals surface area contributed by atoms with Gasteiger partial charge in [0, 0.05) is 29.8 Å². The van der Waals surface area contributed by atoms with Gasteiger partial charge in [-0.05, 0) is 46.3 Å². The molecule has 0 aliphatic carbocycles. The Hall–Kier alpha value is -1.00. The summed E-state index contributed by atoms with van der Waals surface area (Å²) in [6.45, 7) is 0.640. The normalized spacial score (nSPS) is 16.7. The molecule has 10 heteroatoms. The van der Waals surface area contributed by atoms with Crippen molar-refractivity contribution < 1.29 is 13.2 Å². The first-order valence-corrected chi connectivity index (χ1v) is 11.0. The van der Waals surface area contributed by atoms with Gasteiger partial charge in [-0.25, -0.2) is 13.4 Å². The molecule has 134 valence electrons. The van der Waals surface area contributed by atoms with E-state index in [1.807, 2.05) is 11.4 Å². The van der Waals surface area contributed by atoms with Gasteiger partial charge in [0.2, 0.25) is 10.0 Å². The zero-order valence-corrected chi connectivity index (χ0v) is 17.0. The zero-order chi connectivity index (χ0) is 18.0. The van der Waals surface area contributed by atoms with Gasteiger partial charge < -0.3 is 5.32 Å². The zero-order valence-electron chi connectivity index (χ0n) is 13.0. The standard InChI is InChI=1S/C15H15BrClN3O3S2/c16-10-8-13(14(17)18-9-10)25(22,23)20-5-3-11(4-6-20)19-15(21)12-2-1-7-24-12/h1-2,7-9,11H,3-6H2,(H,19,21). The molecule has 3 heterocycles. The summed E-state index contributed by atoms with van der Waals surface area (Å²) in [7, 11) is -3.71. The fraction of sp³-hybridized carbons (Fsp3) is 0.333. The van der Waals surface area contributed by atoms with Crippen LogP contribution < -0.4 is 5.32 Å². The van der Waals surface area contributed by atoms with Crippen molar-refractivity contribution in [2.75, 3.05) is 13.1 Å². The van der Waals surface area contributed by atoms with Gasteiger partial charge in [-0.1, -0.05) is 17.7 Å². The number of thiophene rings is 1. The maximum Gasteiger partial charge on any atom is 0.261 e. The molecule has 0 atom stereocenters. The van der Waals surface area contributed by atoms with E-state index >= 15 is 0 Å². The Kier molecular flexibility index (Phi) is 5.79. The first-order valence-electron chi connectivity index (χ1n) is 7.53. The molecule has 3 rings (SSSR count). The number of hydrogen-bond donors (Lipinski definition) is 1. The number of halogens is 2. The lowest BCUT2D eigenvalue weighted by Gasteiger charge is -2.31. The molecule has 1 amide bonds. The summed E-state index contributed by atoms with van der Waals surface area (Å²) in [6, 6.07) is 5.00. The van der Waals surface area contributed by atoms with Crippen LogP contribution in [0.25, 0.3) is 0 Å². The molecule has 1 fully saturated rings. The van der Waals surface area contributed by atoms with Crippen molar-refractivity contribution in [3.63, 3.8) is 0 Å². The largest absolute Gasteiger partial charge is 0.349 e. The monoisotopic (exact) mass is 463 g/mol. The molecule has 6 nitrogen and oxygen atoms in total. The van der Waals surface area contributed by atoms with Crippen molar-refractivity contribution in [1.82, 2.24) is 14.6 Å². The molecule has 1 aliphatic heterocycles. The molecule has 2 aromatic rings. The van der Waals surface area contributed by atoms with E-state index in [-0.39, 0.29) is 22.0 Å². The number of nitrogens with zero attached hydrogens (tertiary/aromatic N) is 2. The van der Waals surface area contributed by atoms with Crippen molar-refractivity contribution in [3.8, 4) is 0 Å². The SMILES string of the molecule is O=C(NC1CCN(S(=O)(=O)c2cc(Br)cnc2Cl)CC1)c1cccs1. The smallest absolute Gasteiger partial charge is 0.261 e. The van der Waals surface area contributed by atoms with Gasteiger partial charge in [-0.15, -0.1) is 11.3 Å². The number of aromatic nitrogens is 1. The molecular weight excluding hydrogens is 450 g/mol. The summed E-state index contributed by atoms with van der Waals surface area (Å²) in [5.74, 6) is -0.115. The molecule has 1 saturated heterocycles. The number of sulfonamides is 1. The van der Waals surface area contributed by atoms with E-state index in [2.05, 4.69) is 26.2 Å². The Morgan fingerprint density at radius 3 is 2.76 bits per heavy atom. The predicted octanol–water partition coefficient (Wildman–Crippen LogP) is 3.14. The molecule has 1 aliphatic rings. The number of piperidine rings is 1. The van der Waals surface area contributed by atoms with E-state index in [4.69, 9.17) is 11.6 Å². The molecule has 1 N–H and O–H groups in total. The van der Waals surface area contributed by atoms with E-state index < -0.39 is 10.0 Å². The van der Waals surface area contributed by atoms with Gasteiger partial charge >= 0.3 is 0 Å². The van der Waals surface area contributed by atoms with Crippen LogP contribution in [0.5, 0.6) is 0 Å². The van der Waals surface area contributed by atoms with Crippen molar-refractivity contribution in [2.45, 2.75) is 23.8 Å². The Labute approximate surface area is 163 Å². The molecule has 0 spiro atoms. The van der Waals surface area contributed by atoms with Crippen molar-refractivity contribution >= 4 is 54.8 Å². The number of carbonyl (C=O) groups is 1. The second-order valence-corrected chi connectivity index (χ2v) is 9.70. The van der Waals surface area contributed by atoms with E-state index in [9.17, 15) is 13.2 Å². The molecule has 0 unspecified atom stereocenters. The molecular formula is C15H15BrClN3O3S2. The van der Waals surface area contributed by atoms with Gasteiger partial charge in [0.25, 0.3) is 5.91 Å². The van der Waals surface area contributed by atoms with E-state index in [0.29, 0.717) is 35.3 Å². The first kappa shape index (κ1) is 18.8. The van der Waals surface area contributed by atoms with E-state index in [0.717, 1.165) is 0 Å². The maximum atomic E-state index is 12.8. The van der Waals surface area contributed by atoms with Crippen molar-refractivity contribution in [2.24, 2.45) is 0 Å². The third-order valence-electron chi connectivity index (χ3n) is 3.93. The van der Waals surface area contributed by atoms with Crippen LogP contribution in [0.4, 0.5) is 0 Å². The lowest BCUT2D eigenvalue weighted by Crippen LogP contribution is -2.46. The topological polar surface area (TPSA) is 79.4 Å². The highest BCUT2D eigenvalue weighted by Gasteiger charge is 2.32. The van der Waals surface area contributed by atoms with Crippen LogP contribution in [0, 0.1) is 0 Å². The van der Waals surface area contributed by atoms with E-state index in [1.54, 1.807) is 6.07 Å². The van der Waals surface area contributed by atoms with Crippen molar-refractivity contribution in [1.29, 1.82) is 0 Å². The minimum absolute atomic E-state index is 0.00962. The summed E-state index contributed by atoms with van der Waals surface area (Å²) in [5, 5.41) is 4.76. The highest BCUT2D eigenvalue weighted by molar-refractivity contribution is 9.10. The third-order valence-corrected chi connectivity index (χ3v) is 7.55. The van der Waals surface area contributed by atoms with Gasteiger partial charge in [0.05, 0.1) is 4.88 Å². The summed E-state index contributed by atoms with van der Waals surface area (Å²) in [6.07, 6.45) is 2.55. The summed E-state index contributed by atoms with van der Waals surface area (Å²) < 4.78 is 27.5. The van der Waals surface area contributed by atoms with Crippen LogP contribution in [0.3, 0.4) is 0 Å². The van der Waals surface area contributed by atoms with Crippen molar-refractivity contribution in [3.05, 3.63) is 44.3 Å². The average molecular weight is 465 g/mol. The quantitative estimate of drug-likeness (QED) is 0.705. The highest BCUT2D eigenvalue weighted by Crippen LogP contribution is 2.27. The predicted molar refractivity (Wildman–Crippen MR) is 101 cm³/mol. The third kappa shape index (κ3) is 4.22. The van der Waals surface area contributed by atoms with Crippen LogP contribution in [0.2, 0.25) is 5.15 Å². The fourth-order valence-corrected chi connectivity index (χ4v) is 5.65. The highest BCUT2D eigenvalue weighted by atomic mass is 79.9. The molecule has 2 aromatic heterocycles. The second-order valence-electron chi connectivity index (χ2n) is 5.57. The number of amides is 1. The fourth-order valence-electron chi connectivity index (χ4n) is 2.63. The van der Waals surface area contributed by atoms with Gasteiger partial charge in [-0.2, -0.15) is 4.31 Å². The van der Waals surface area contributed by atoms with Crippen LogP contribution in [-0.4, -0.2) is 42.7 Å². The number of hydrogen-bond acceptors (Lipinski definition) is 5. The van der Waals surface area contributed by atoms with E-state index in [1.165, 1.54) is 27.9 Å². The number of carbonyl (C=O) groups excluding carboxylic acids is 1. The Morgan fingerprint density at radius 1 is 1.40 bits per heavy atom. The van der Waals surface area contributed by atoms with Crippen LogP contribution in [0.1, 0.15) is 22.5 Å². The number of nitrogens with one attached hydrogen (secondary N) is 1. The molecule has 0 radical (unpaired) electrons. The van der Waals surface area contributed by atoms with Crippen LogP contribution >= 0.6 is 38.9 Å². The minimum atomic E-state index is -3.71. The molecule has 0 aromatic carbocycles. The van der Waals surface area contributed by atoms with Crippen LogP contribution in [0.15, 0.2) is 39.1 Å². The average Bonchev–Trinajstić information content (AvgIpc) is 3.12. The molecule has 25 heavy (non-hydrogen) atoms. The summed E-state index contributed by atoms with van der Waals surface area (Å²) >= 11 is 10.6. The maximum absolute atomic E-state index is 12.8. The van der Waals surface area contributed by atoms with Gasteiger partial charge in [0.15, 0.2) is 0 Å². The Morgan fingerprint density at radius 2 is 2.12 bits per heavy atom. The van der Waals surface area contributed by atoms with Crippen LogP contribution in [-0.2, 0) is 10.0 Å². The minimum Gasteiger partial charge on any atom is -0.349 e. The Bertz CT molecular complexity index is 866. The van der Waals surface area contributed by atoms with Gasteiger partial charge in [0.1, 0.15) is 10.0 Å². The number of pyridine rings is 1. The number of rotatable bonds is 4. The summed E-state index contributed by atoms with van der Waals surface area (Å²) in [4.78, 5) is 16.6. The second kappa shape index (κ2) is 7.71. The lowest BCUT2D eigenvalue weighted by molar-refractivity contribution is 0.0928. The first-order chi connectivity index (χ1) is 11.9. The van der Waals surface area contributed by atoms with Gasteiger partial charge in [-0.3, -0.25) is 4.79 Å². The lowest BCUT2D eigenvalue weighted by atomic mass is 10.1. The molecule has 0 saturated carbocycles. The summed E-state index contributed by atoms with van der Waals surface area (Å²) in [5.41, 5.74) is 0.